The zero-order chi connectivity index (χ0) is 9.97. The number of aromatic nitrogens is 1. The van der Waals surface area contributed by atoms with Gasteiger partial charge in [0.25, 0.3) is 0 Å². The molecule has 1 aromatic carbocycles. The Bertz CT molecular complexity index is 477. The molecule has 0 fully saturated rings. The van der Waals surface area contributed by atoms with Crippen molar-refractivity contribution in [2.75, 3.05) is 0 Å². The van der Waals surface area contributed by atoms with Crippen molar-refractivity contribution in [2.45, 2.75) is 13.3 Å². The van der Waals surface area contributed by atoms with E-state index in [0.29, 0.717) is 0 Å². The van der Waals surface area contributed by atoms with Gasteiger partial charge in [-0.2, -0.15) is 0 Å². The lowest BCUT2D eigenvalue weighted by Gasteiger charge is -2.03. The van der Waals surface area contributed by atoms with Gasteiger partial charge in [0.2, 0.25) is 0 Å². The fourth-order valence-corrected chi connectivity index (χ4v) is 1.60. The van der Waals surface area contributed by atoms with Crippen molar-refractivity contribution >= 4 is 17.2 Å². The minimum atomic E-state index is 0.771. The zero-order valence-electron chi connectivity index (χ0n) is 8.03. The molecule has 0 bridgehead atoms. The highest BCUT2D eigenvalue weighted by atomic mass is 16.1. The van der Waals surface area contributed by atoms with Crippen molar-refractivity contribution in [1.82, 2.24) is 4.98 Å². The summed E-state index contributed by atoms with van der Waals surface area (Å²) < 4.78 is 0. The first-order chi connectivity index (χ1) is 6.85. The van der Waals surface area contributed by atoms with Crippen LogP contribution in [0, 0.1) is 0 Å². The second-order valence-electron chi connectivity index (χ2n) is 3.22. The number of carbonyl (C=O) groups is 1. The lowest BCUT2D eigenvalue weighted by Crippen LogP contribution is -1.91. The van der Waals surface area contributed by atoms with Crippen LogP contribution in [-0.2, 0) is 6.42 Å². The smallest absolute Gasteiger partial charge is 0.150 e. The molecule has 2 nitrogen and oxygen atoms in total. The van der Waals surface area contributed by atoms with Gasteiger partial charge in [0, 0.05) is 17.1 Å². The highest BCUT2D eigenvalue weighted by Gasteiger charge is 2.02. The van der Waals surface area contributed by atoms with Crippen LogP contribution < -0.4 is 0 Å². The van der Waals surface area contributed by atoms with Gasteiger partial charge in [0.15, 0.2) is 0 Å². The Hall–Kier alpha value is -1.70. The molecule has 0 radical (unpaired) electrons. The Morgan fingerprint density at radius 3 is 3.00 bits per heavy atom. The summed E-state index contributed by atoms with van der Waals surface area (Å²) in [5.74, 6) is 0. The highest BCUT2D eigenvalue weighted by molar-refractivity contribution is 5.88. The normalized spacial score (nSPS) is 10.4. The summed E-state index contributed by atoms with van der Waals surface area (Å²) in [6.45, 7) is 2.04. The van der Waals surface area contributed by atoms with E-state index < -0.39 is 0 Å². The average molecular weight is 185 g/mol. The third kappa shape index (κ3) is 1.39. The van der Waals surface area contributed by atoms with Crippen LogP contribution in [0.5, 0.6) is 0 Å². The van der Waals surface area contributed by atoms with Gasteiger partial charge in [-0.3, -0.25) is 9.78 Å². The molecule has 1 heterocycles. The van der Waals surface area contributed by atoms with Crippen molar-refractivity contribution in [3.05, 3.63) is 41.6 Å². The molecule has 2 heteroatoms. The summed E-state index contributed by atoms with van der Waals surface area (Å²) in [5, 5.41) is 1.02. The van der Waals surface area contributed by atoms with Crippen LogP contribution in [0.2, 0.25) is 0 Å². The van der Waals surface area contributed by atoms with Gasteiger partial charge < -0.3 is 0 Å². The number of nitrogens with zero attached hydrogens (tertiary/aromatic N) is 1. The third-order valence-corrected chi connectivity index (χ3v) is 2.37. The number of aryl methyl sites for hydroxylation is 1. The summed E-state index contributed by atoms with van der Waals surface area (Å²) in [4.78, 5) is 15.1. The van der Waals surface area contributed by atoms with Gasteiger partial charge in [0.1, 0.15) is 6.29 Å². The zero-order valence-corrected chi connectivity index (χ0v) is 8.03. The molecule has 0 aliphatic carbocycles. The van der Waals surface area contributed by atoms with Crippen LogP contribution in [0.1, 0.15) is 22.8 Å². The molecule has 0 saturated carbocycles. The topological polar surface area (TPSA) is 30.0 Å². The van der Waals surface area contributed by atoms with Gasteiger partial charge in [-0.1, -0.05) is 13.0 Å². The molecular weight excluding hydrogens is 174 g/mol. The molecule has 70 valence electrons. The fraction of sp³-hybridized carbons (Fsp3) is 0.167. The average Bonchev–Trinajstić information content (AvgIpc) is 2.27. The highest BCUT2D eigenvalue weighted by Crippen LogP contribution is 2.17. The maximum Gasteiger partial charge on any atom is 0.150 e. The first kappa shape index (κ1) is 8.88. The Labute approximate surface area is 82.6 Å². The van der Waals surface area contributed by atoms with Gasteiger partial charge in [-0.25, -0.2) is 0 Å². The van der Waals surface area contributed by atoms with Gasteiger partial charge in [-0.05, 0) is 30.2 Å². The Kier molecular flexibility index (Phi) is 2.27. The summed E-state index contributed by atoms with van der Waals surface area (Å²) in [7, 11) is 0. The van der Waals surface area contributed by atoms with Crippen molar-refractivity contribution in [3.8, 4) is 0 Å². The third-order valence-electron chi connectivity index (χ3n) is 2.37. The molecule has 1 aromatic heterocycles. The SMILES string of the molecule is CCc1cc2ncccc2cc1C=O. The Morgan fingerprint density at radius 1 is 1.43 bits per heavy atom. The lowest BCUT2D eigenvalue weighted by molar-refractivity contribution is 0.112. The van der Waals surface area contributed by atoms with E-state index in [2.05, 4.69) is 4.98 Å². The molecule has 0 N–H and O–H groups in total. The summed E-state index contributed by atoms with van der Waals surface area (Å²) in [5.41, 5.74) is 2.79. The predicted molar refractivity (Wildman–Crippen MR) is 56.5 cm³/mol. The Balaban J connectivity index is 2.75. The van der Waals surface area contributed by atoms with Crippen LogP contribution in [0.25, 0.3) is 10.9 Å². The number of aldehydes is 1. The summed E-state index contributed by atoms with van der Waals surface area (Å²) in [6, 6.07) is 7.73. The quantitative estimate of drug-likeness (QED) is 0.673. The molecule has 0 saturated heterocycles. The fourth-order valence-electron chi connectivity index (χ4n) is 1.60. The van der Waals surface area contributed by atoms with E-state index in [1.54, 1.807) is 6.20 Å². The monoisotopic (exact) mass is 185 g/mol. The molecular formula is C12H11NO. The van der Waals surface area contributed by atoms with Crippen molar-refractivity contribution in [2.24, 2.45) is 0 Å². The van der Waals surface area contributed by atoms with Crippen molar-refractivity contribution in [1.29, 1.82) is 0 Å². The summed E-state index contributed by atoms with van der Waals surface area (Å²) in [6.07, 6.45) is 3.54. The van der Waals surface area contributed by atoms with Crippen LogP contribution >= 0.6 is 0 Å². The minimum absolute atomic E-state index is 0.771. The number of carbonyl (C=O) groups excluding carboxylic acids is 1. The van der Waals surface area contributed by atoms with E-state index in [1.165, 1.54) is 0 Å². The van der Waals surface area contributed by atoms with Crippen LogP contribution in [-0.4, -0.2) is 11.3 Å². The number of hydrogen-bond acceptors (Lipinski definition) is 2. The Morgan fingerprint density at radius 2 is 2.29 bits per heavy atom. The molecule has 14 heavy (non-hydrogen) atoms. The minimum Gasteiger partial charge on any atom is -0.298 e. The lowest BCUT2D eigenvalue weighted by atomic mass is 10.0. The largest absolute Gasteiger partial charge is 0.298 e. The van der Waals surface area contributed by atoms with Crippen LogP contribution in [0.15, 0.2) is 30.5 Å². The first-order valence-electron chi connectivity index (χ1n) is 4.68. The molecule has 2 rings (SSSR count). The van der Waals surface area contributed by atoms with E-state index in [1.807, 2.05) is 31.2 Å². The molecule has 0 amide bonds. The number of hydrogen-bond donors (Lipinski definition) is 0. The van der Waals surface area contributed by atoms with Crippen molar-refractivity contribution in [3.63, 3.8) is 0 Å². The van der Waals surface area contributed by atoms with Crippen LogP contribution in [0.3, 0.4) is 0 Å². The van der Waals surface area contributed by atoms with E-state index in [9.17, 15) is 4.79 Å². The van der Waals surface area contributed by atoms with E-state index in [0.717, 1.165) is 34.7 Å². The molecule has 2 aromatic rings. The number of benzene rings is 1. The second kappa shape index (κ2) is 3.58. The standard InChI is InChI=1S/C12H11NO/c1-2-9-7-12-10(4-3-5-13-12)6-11(9)8-14/h3-8H,2H2,1H3. The van der Waals surface area contributed by atoms with E-state index in [-0.39, 0.29) is 0 Å². The maximum atomic E-state index is 10.8. The van der Waals surface area contributed by atoms with Gasteiger partial charge in [-0.15, -0.1) is 0 Å². The molecule has 0 aliphatic rings. The first-order valence-corrected chi connectivity index (χ1v) is 4.68. The predicted octanol–water partition coefficient (Wildman–Crippen LogP) is 2.61. The molecule has 0 spiro atoms. The van der Waals surface area contributed by atoms with Crippen molar-refractivity contribution < 1.29 is 4.79 Å². The van der Waals surface area contributed by atoms with E-state index in [4.69, 9.17) is 0 Å². The number of fused-ring (bicyclic) bond motifs is 1. The number of pyridine rings is 1. The molecule has 0 atom stereocenters. The molecule has 0 aliphatic heterocycles. The van der Waals surface area contributed by atoms with Crippen LogP contribution in [0.4, 0.5) is 0 Å². The second-order valence-corrected chi connectivity index (χ2v) is 3.22. The maximum absolute atomic E-state index is 10.8. The molecule has 0 unspecified atom stereocenters. The number of rotatable bonds is 2. The van der Waals surface area contributed by atoms with Gasteiger partial charge >= 0.3 is 0 Å². The van der Waals surface area contributed by atoms with Gasteiger partial charge in [0.05, 0.1) is 5.52 Å². The summed E-state index contributed by atoms with van der Waals surface area (Å²) >= 11 is 0. The van der Waals surface area contributed by atoms with E-state index >= 15 is 0 Å².